The highest BCUT2D eigenvalue weighted by Gasteiger charge is 2.36. The van der Waals surface area contributed by atoms with Gasteiger partial charge in [-0.1, -0.05) is 26.0 Å². The number of phosphoric ester groups is 1. The van der Waals surface area contributed by atoms with Crippen molar-refractivity contribution < 1.29 is 28.4 Å². The molecule has 0 amide bonds. The van der Waals surface area contributed by atoms with Gasteiger partial charge in [-0.3, -0.25) is 4.52 Å². The molecule has 0 atom stereocenters. The molecule has 1 rings (SSSR count). The molecule has 0 spiro atoms. The Morgan fingerprint density at radius 2 is 1.67 bits per heavy atom. The number of ether oxygens (including phenoxy) is 1. The van der Waals surface area contributed by atoms with Crippen molar-refractivity contribution in [2.45, 2.75) is 39.2 Å². The predicted molar refractivity (Wildman–Crippen MR) is 77.8 cm³/mol. The maximum Gasteiger partial charge on any atom is 0.470 e. The van der Waals surface area contributed by atoms with Gasteiger partial charge in [-0.05, 0) is 37.5 Å². The minimum atomic E-state index is -4.62. The Hall–Kier alpha value is -1.20. The minimum absolute atomic E-state index is 0.287. The number of esters is 1. The fourth-order valence-electron chi connectivity index (χ4n) is 2.19. The maximum atomic E-state index is 11.6. The van der Waals surface area contributed by atoms with Crippen molar-refractivity contribution in [3.63, 3.8) is 0 Å². The third-order valence-electron chi connectivity index (χ3n) is 3.36. The van der Waals surface area contributed by atoms with Crippen LogP contribution in [0.3, 0.4) is 0 Å². The SMILES string of the molecule is CCOC(=O)c1ccc(C(CC)(CC)OP(=O)(O)O)cc1. The molecule has 0 bridgehead atoms. The van der Waals surface area contributed by atoms with Gasteiger partial charge in [0.15, 0.2) is 0 Å². The molecule has 21 heavy (non-hydrogen) atoms. The van der Waals surface area contributed by atoms with E-state index in [9.17, 15) is 9.36 Å². The number of hydrogen-bond donors (Lipinski definition) is 2. The van der Waals surface area contributed by atoms with Crippen LogP contribution in [0, 0.1) is 0 Å². The molecule has 0 heterocycles. The van der Waals surface area contributed by atoms with Crippen molar-refractivity contribution in [3.8, 4) is 0 Å². The monoisotopic (exact) mass is 316 g/mol. The predicted octanol–water partition coefficient (Wildman–Crippen LogP) is 2.99. The summed E-state index contributed by atoms with van der Waals surface area (Å²) < 4.78 is 21.1. The van der Waals surface area contributed by atoms with Crippen LogP contribution >= 0.6 is 7.82 Å². The Bertz CT molecular complexity index is 515. The number of carbonyl (C=O) groups excluding carboxylic acids is 1. The van der Waals surface area contributed by atoms with E-state index in [1.165, 1.54) is 0 Å². The Balaban J connectivity index is 3.10. The van der Waals surface area contributed by atoms with E-state index in [1.807, 2.05) is 0 Å². The standard InChI is InChI=1S/C14H21O6P/c1-4-14(5-2,20-21(16,17)18)12-9-7-11(8-10-12)13(15)19-6-3/h7-10H,4-6H2,1-3H3,(H2,16,17,18). The third-order valence-corrected chi connectivity index (χ3v) is 3.95. The van der Waals surface area contributed by atoms with Crippen molar-refractivity contribution in [2.24, 2.45) is 0 Å². The Morgan fingerprint density at radius 1 is 1.14 bits per heavy atom. The maximum absolute atomic E-state index is 11.6. The van der Waals surface area contributed by atoms with Gasteiger partial charge in [0.05, 0.1) is 12.2 Å². The first-order valence-corrected chi connectivity index (χ1v) is 8.35. The van der Waals surface area contributed by atoms with E-state index < -0.39 is 19.4 Å². The van der Waals surface area contributed by atoms with Gasteiger partial charge in [0.25, 0.3) is 0 Å². The zero-order chi connectivity index (χ0) is 16.1. The molecule has 118 valence electrons. The lowest BCUT2D eigenvalue weighted by molar-refractivity contribution is 0.0229. The molecule has 0 fully saturated rings. The van der Waals surface area contributed by atoms with Crippen LogP contribution in [-0.4, -0.2) is 22.4 Å². The van der Waals surface area contributed by atoms with Gasteiger partial charge >= 0.3 is 13.8 Å². The van der Waals surface area contributed by atoms with Crippen molar-refractivity contribution in [1.82, 2.24) is 0 Å². The van der Waals surface area contributed by atoms with E-state index in [0.29, 0.717) is 24.0 Å². The highest BCUT2D eigenvalue weighted by Crippen LogP contribution is 2.48. The second-order valence-corrected chi connectivity index (χ2v) is 5.74. The molecule has 0 radical (unpaired) electrons. The summed E-state index contributed by atoms with van der Waals surface area (Å²) in [5.41, 5.74) is -0.0755. The van der Waals surface area contributed by atoms with Crippen LogP contribution in [0.4, 0.5) is 0 Å². The van der Waals surface area contributed by atoms with Crippen molar-refractivity contribution in [2.75, 3.05) is 6.61 Å². The summed E-state index contributed by atoms with van der Waals surface area (Å²) in [5, 5.41) is 0. The van der Waals surface area contributed by atoms with Gasteiger partial charge in [0, 0.05) is 0 Å². The van der Waals surface area contributed by atoms with Gasteiger partial charge in [0.1, 0.15) is 5.60 Å². The quantitative estimate of drug-likeness (QED) is 0.593. The molecule has 1 aromatic carbocycles. The van der Waals surface area contributed by atoms with Crippen LogP contribution in [0.1, 0.15) is 49.5 Å². The van der Waals surface area contributed by atoms with E-state index in [2.05, 4.69) is 0 Å². The largest absolute Gasteiger partial charge is 0.470 e. The summed E-state index contributed by atoms with van der Waals surface area (Å²) in [6.45, 7) is 5.59. The third kappa shape index (κ3) is 4.64. The van der Waals surface area contributed by atoms with Crippen LogP contribution in [0.25, 0.3) is 0 Å². The van der Waals surface area contributed by atoms with Crippen molar-refractivity contribution in [1.29, 1.82) is 0 Å². The van der Waals surface area contributed by atoms with Crippen LogP contribution in [-0.2, 0) is 19.4 Å². The lowest BCUT2D eigenvalue weighted by Gasteiger charge is -2.32. The number of phosphoric acid groups is 1. The number of benzene rings is 1. The molecule has 7 heteroatoms. The molecule has 0 aromatic heterocycles. The van der Waals surface area contributed by atoms with Gasteiger partial charge in [-0.15, -0.1) is 0 Å². The molecular weight excluding hydrogens is 295 g/mol. The van der Waals surface area contributed by atoms with Crippen LogP contribution in [0.2, 0.25) is 0 Å². The minimum Gasteiger partial charge on any atom is -0.462 e. The fourth-order valence-corrected chi connectivity index (χ4v) is 3.01. The van der Waals surface area contributed by atoms with Crippen LogP contribution in [0.15, 0.2) is 24.3 Å². The molecule has 0 aliphatic rings. The summed E-state index contributed by atoms with van der Waals surface area (Å²) in [7, 11) is -4.62. The van der Waals surface area contributed by atoms with Crippen LogP contribution in [0.5, 0.6) is 0 Å². The first-order chi connectivity index (χ1) is 9.78. The summed E-state index contributed by atoms with van der Waals surface area (Å²) in [5.74, 6) is -0.432. The lowest BCUT2D eigenvalue weighted by Crippen LogP contribution is -2.27. The van der Waals surface area contributed by atoms with Gasteiger partial charge in [-0.25, -0.2) is 9.36 Å². The Kier molecular flexibility index (Phi) is 6.10. The molecule has 6 nitrogen and oxygen atoms in total. The summed E-state index contributed by atoms with van der Waals surface area (Å²) in [6.07, 6.45) is 0.792. The normalized spacial score (nSPS) is 12.2. The average Bonchev–Trinajstić information content (AvgIpc) is 2.44. The smallest absolute Gasteiger partial charge is 0.462 e. The summed E-state index contributed by atoms with van der Waals surface area (Å²) in [6, 6.07) is 6.40. The topological polar surface area (TPSA) is 93.1 Å². The number of carbonyl (C=O) groups is 1. The van der Waals surface area contributed by atoms with E-state index in [-0.39, 0.29) is 6.61 Å². The van der Waals surface area contributed by atoms with Crippen LogP contribution < -0.4 is 0 Å². The Morgan fingerprint density at radius 3 is 2.05 bits per heavy atom. The average molecular weight is 316 g/mol. The first kappa shape index (κ1) is 17.9. The highest BCUT2D eigenvalue weighted by molar-refractivity contribution is 7.46. The van der Waals surface area contributed by atoms with E-state index in [0.717, 1.165) is 0 Å². The zero-order valence-electron chi connectivity index (χ0n) is 12.4. The first-order valence-electron chi connectivity index (χ1n) is 6.82. The molecule has 0 aliphatic carbocycles. The molecular formula is C14H21O6P. The molecule has 2 N–H and O–H groups in total. The molecule has 0 saturated heterocycles. The summed E-state index contributed by atoms with van der Waals surface area (Å²) in [4.78, 5) is 29.8. The second kappa shape index (κ2) is 7.18. The highest BCUT2D eigenvalue weighted by atomic mass is 31.2. The van der Waals surface area contributed by atoms with Gasteiger partial charge in [0.2, 0.25) is 0 Å². The number of rotatable bonds is 7. The van der Waals surface area contributed by atoms with Gasteiger partial charge in [-0.2, -0.15) is 0 Å². The zero-order valence-corrected chi connectivity index (χ0v) is 13.3. The summed E-state index contributed by atoms with van der Waals surface area (Å²) >= 11 is 0. The van der Waals surface area contributed by atoms with E-state index >= 15 is 0 Å². The lowest BCUT2D eigenvalue weighted by atomic mass is 9.88. The van der Waals surface area contributed by atoms with E-state index in [4.69, 9.17) is 19.0 Å². The second-order valence-electron chi connectivity index (χ2n) is 4.58. The molecule has 0 unspecified atom stereocenters. The van der Waals surface area contributed by atoms with Crippen molar-refractivity contribution >= 4 is 13.8 Å². The van der Waals surface area contributed by atoms with E-state index in [1.54, 1.807) is 45.0 Å². The fraction of sp³-hybridized carbons (Fsp3) is 0.500. The van der Waals surface area contributed by atoms with Crippen molar-refractivity contribution in [3.05, 3.63) is 35.4 Å². The molecule has 0 saturated carbocycles. The number of hydrogen-bond acceptors (Lipinski definition) is 4. The molecule has 0 aliphatic heterocycles. The Labute approximate surface area is 124 Å². The van der Waals surface area contributed by atoms with Gasteiger partial charge < -0.3 is 14.5 Å². The molecule has 1 aromatic rings.